The molecule has 0 fully saturated rings. The van der Waals surface area contributed by atoms with Crippen molar-refractivity contribution in [3.05, 3.63) is 99.6 Å². The van der Waals surface area contributed by atoms with Gasteiger partial charge in [-0.15, -0.1) is 0 Å². The summed E-state index contributed by atoms with van der Waals surface area (Å²) in [4.78, 5) is 38.4. The molecular formula is C24H20ClN2O3+. The molecule has 1 aliphatic carbocycles. The van der Waals surface area contributed by atoms with Crippen LogP contribution in [-0.4, -0.2) is 24.0 Å². The molecule has 3 aromatic carbocycles. The fourth-order valence-electron chi connectivity index (χ4n) is 3.64. The number of rotatable bonds is 5. The molecule has 0 saturated heterocycles. The largest absolute Gasteiger partial charge is 0.333 e. The molecule has 0 bridgehead atoms. The predicted octanol–water partition coefficient (Wildman–Crippen LogP) is 3.38. The topological polar surface area (TPSA) is 79.8 Å². The number of nitrogens with one attached hydrogen (secondary N) is 1. The SMILES string of the molecule is C[C@H]([NH2+]CC(=O)Nc1cccc2c1C(=O)c1ccccc1C2=O)c1ccc(Cl)cc1. The van der Waals surface area contributed by atoms with E-state index in [1.54, 1.807) is 42.5 Å². The third-order valence-corrected chi connectivity index (χ3v) is 5.53. The number of fused-ring (bicyclic) bond motifs is 2. The number of amides is 1. The third-order valence-electron chi connectivity index (χ3n) is 5.28. The van der Waals surface area contributed by atoms with Crippen molar-refractivity contribution in [3.8, 4) is 0 Å². The fraction of sp³-hybridized carbons (Fsp3) is 0.125. The standard InChI is InChI=1S/C24H19ClN2O3/c1-14(15-9-11-16(25)12-10-15)26-13-21(28)27-20-8-4-7-19-22(20)24(30)18-6-3-2-5-17(18)23(19)29/h2-12,14,26H,13H2,1H3,(H,27,28)/p+1/t14-/m0/s1. The van der Waals surface area contributed by atoms with Crippen LogP contribution in [0.1, 0.15) is 50.4 Å². The Morgan fingerprint density at radius 3 is 2.23 bits per heavy atom. The Labute approximate surface area is 179 Å². The van der Waals surface area contributed by atoms with E-state index < -0.39 is 0 Å². The van der Waals surface area contributed by atoms with Crippen molar-refractivity contribution >= 4 is 34.8 Å². The van der Waals surface area contributed by atoms with Gasteiger partial charge in [0.1, 0.15) is 6.04 Å². The second-order valence-corrected chi connectivity index (χ2v) is 7.70. The zero-order valence-corrected chi connectivity index (χ0v) is 17.1. The molecule has 0 unspecified atom stereocenters. The van der Waals surface area contributed by atoms with Gasteiger partial charge in [0.15, 0.2) is 18.1 Å². The molecule has 1 amide bonds. The number of hydrogen-bond donors (Lipinski definition) is 2. The van der Waals surface area contributed by atoms with E-state index in [0.29, 0.717) is 27.4 Å². The number of hydrogen-bond acceptors (Lipinski definition) is 3. The molecule has 1 atom stereocenters. The highest BCUT2D eigenvalue weighted by atomic mass is 35.5. The molecule has 4 rings (SSSR count). The van der Waals surface area contributed by atoms with Crippen molar-refractivity contribution in [2.75, 3.05) is 11.9 Å². The zero-order chi connectivity index (χ0) is 21.3. The molecule has 150 valence electrons. The van der Waals surface area contributed by atoms with Crippen molar-refractivity contribution < 1.29 is 19.7 Å². The van der Waals surface area contributed by atoms with Crippen LogP contribution >= 0.6 is 11.6 Å². The van der Waals surface area contributed by atoms with Crippen molar-refractivity contribution in [3.63, 3.8) is 0 Å². The Hall–Kier alpha value is -3.28. The molecule has 1 aliphatic rings. The van der Waals surface area contributed by atoms with Crippen molar-refractivity contribution in [2.45, 2.75) is 13.0 Å². The maximum Gasteiger partial charge on any atom is 0.279 e. The van der Waals surface area contributed by atoms with Crippen LogP contribution in [-0.2, 0) is 4.79 Å². The predicted molar refractivity (Wildman–Crippen MR) is 115 cm³/mol. The summed E-state index contributed by atoms with van der Waals surface area (Å²) in [7, 11) is 0. The van der Waals surface area contributed by atoms with Crippen LogP contribution in [0, 0.1) is 0 Å². The molecule has 30 heavy (non-hydrogen) atoms. The zero-order valence-electron chi connectivity index (χ0n) is 16.3. The van der Waals surface area contributed by atoms with Crippen LogP contribution in [0.15, 0.2) is 66.7 Å². The van der Waals surface area contributed by atoms with E-state index in [0.717, 1.165) is 5.56 Å². The quantitative estimate of drug-likeness (QED) is 0.520. The van der Waals surface area contributed by atoms with Crippen molar-refractivity contribution in [2.24, 2.45) is 0 Å². The first kappa shape index (κ1) is 20.0. The van der Waals surface area contributed by atoms with E-state index >= 15 is 0 Å². The highest BCUT2D eigenvalue weighted by molar-refractivity contribution is 6.31. The van der Waals surface area contributed by atoms with Crippen molar-refractivity contribution in [1.82, 2.24) is 0 Å². The molecule has 0 aromatic heterocycles. The number of anilines is 1. The second-order valence-electron chi connectivity index (χ2n) is 7.26. The first-order valence-corrected chi connectivity index (χ1v) is 10.0. The van der Waals surface area contributed by atoms with Crippen LogP contribution in [0.5, 0.6) is 0 Å². The van der Waals surface area contributed by atoms with Gasteiger partial charge in [-0.25, -0.2) is 0 Å². The van der Waals surface area contributed by atoms with Gasteiger partial charge in [-0.1, -0.05) is 60.1 Å². The minimum atomic E-state index is -0.255. The van der Waals surface area contributed by atoms with E-state index in [9.17, 15) is 14.4 Å². The summed E-state index contributed by atoms with van der Waals surface area (Å²) in [6, 6.07) is 19.2. The van der Waals surface area contributed by atoms with Gasteiger partial charge in [-0.3, -0.25) is 14.4 Å². The van der Waals surface area contributed by atoms with Gasteiger partial charge in [-0.05, 0) is 25.1 Å². The monoisotopic (exact) mass is 419 g/mol. The molecule has 3 N–H and O–H groups in total. The first-order valence-electron chi connectivity index (χ1n) is 9.66. The van der Waals surface area contributed by atoms with Crippen LogP contribution < -0.4 is 10.6 Å². The van der Waals surface area contributed by atoms with Crippen LogP contribution in [0.3, 0.4) is 0 Å². The van der Waals surface area contributed by atoms with Gasteiger partial charge in [0.05, 0.1) is 11.3 Å². The molecule has 0 saturated carbocycles. The minimum Gasteiger partial charge on any atom is -0.333 e. The van der Waals surface area contributed by atoms with Crippen LogP contribution in [0.2, 0.25) is 5.02 Å². The number of halogens is 1. The number of nitrogens with two attached hydrogens (primary N) is 1. The molecule has 3 aromatic rings. The highest BCUT2D eigenvalue weighted by Gasteiger charge is 2.31. The lowest BCUT2D eigenvalue weighted by Crippen LogP contribution is -2.86. The number of carbonyl (C=O) groups excluding carboxylic acids is 3. The number of ketones is 2. The van der Waals surface area contributed by atoms with Crippen molar-refractivity contribution in [1.29, 1.82) is 0 Å². The maximum absolute atomic E-state index is 13.0. The summed E-state index contributed by atoms with van der Waals surface area (Å²) in [5, 5.41) is 5.37. The molecule has 0 radical (unpaired) electrons. The molecule has 0 heterocycles. The van der Waals surface area contributed by atoms with Crippen LogP contribution in [0.4, 0.5) is 5.69 Å². The third kappa shape index (κ3) is 3.77. The number of quaternary nitrogens is 1. The van der Waals surface area contributed by atoms with Gasteiger partial charge >= 0.3 is 0 Å². The molecule has 6 heteroatoms. The normalized spacial score (nSPS) is 13.4. The van der Waals surface area contributed by atoms with Gasteiger partial charge in [0, 0.05) is 27.3 Å². The van der Waals surface area contributed by atoms with Crippen LogP contribution in [0.25, 0.3) is 0 Å². The smallest absolute Gasteiger partial charge is 0.279 e. The summed E-state index contributed by atoms with van der Waals surface area (Å²) in [6.45, 7) is 2.17. The highest BCUT2D eigenvalue weighted by Crippen LogP contribution is 2.31. The Morgan fingerprint density at radius 2 is 1.53 bits per heavy atom. The lowest BCUT2D eigenvalue weighted by atomic mass is 9.83. The average Bonchev–Trinajstić information content (AvgIpc) is 2.76. The lowest BCUT2D eigenvalue weighted by molar-refractivity contribution is -0.682. The Morgan fingerprint density at radius 1 is 0.900 bits per heavy atom. The van der Waals surface area contributed by atoms with Gasteiger partial charge in [0.25, 0.3) is 5.91 Å². The van der Waals surface area contributed by atoms with E-state index in [-0.39, 0.29) is 35.6 Å². The van der Waals surface area contributed by atoms with Gasteiger partial charge in [-0.2, -0.15) is 0 Å². The average molecular weight is 420 g/mol. The second kappa shape index (κ2) is 8.22. The van der Waals surface area contributed by atoms with E-state index in [1.165, 1.54) is 0 Å². The number of carbonyl (C=O) groups is 3. The first-order chi connectivity index (χ1) is 14.5. The summed E-state index contributed by atoms with van der Waals surface area (Å²) >= 11 is 5.92. The van der Waals surface area contributed by atoms with Gasteiger partial charge in [0.2, 0.25) is 0 Å². The summed E-state index contributed by atoms with van der Waals surface area (Å²) in [5.41, 5.74) is 2.73. The Kier molecular flexibility index (Phi) is 5.48. The summed E-state index contributed by atoms with van der Waals surface area (Å²) in [5.74, 6) is -0.711. The Balaban J connectivity index is 1.51. The Bertz CT molecular complexity index is 1160. The summed E-state index contributed by atoms with van der Waals surface area (Å²) in [6.07, 6.45) is 0. The van der Waals surface area contributed by atoms with E-state index in [2.05, 4.69) is 5.32 Å². The molecule has 0 aliphatic heterocycles. The summed E-state index contributed by atoms with van der Waals surface area (Å²) < 4.78 is 0. The molecule has 5 nitrogen and oxygen atoms in total. The molecular weight excluding hydrogens is 400 g/mol. The maximum atomic E-state index is 13.0. The van der Waals surface area contributed by atoms with E-state index in [1.807, 2.05) is 36.5 Å². The fourth-order valence-corrected chi connectivity index (χ4v) is 3.76. The van der Waals surface area contributed by atoms with E-state index in [4.69, 9.17) is 11.6 Å². The lowest BCUT2D eigenvalue weighted by Gasteiger charge is -2.20. The number of benzene rings is 3. The van der Waals surface area contributed by atoms with Gasteiger partial charge < -0.3 is 10.6 Å². The molecule has 0 spiro atoms. The minimum absolute atomic E-state index is 0.0628.